The molecule has 0 aromatic carbocycles. The number of carbonyl (C=O) groups is 2. The molecule has 10 heteroatoms. The van der Waals surface area contributed by atoms with Crippen molar-refractivity contribution in [2.45, 2.75) is 399 Å². The summed E-state index contributed by atoms with van der Waals surface area (Å²) in [5.74, 6) is -0.809. The number of hydrogen-bond donors (Lipinski definition) is 2. The maximum atomic E-state index is 12.8. The highest BCUT2D eigenvalue weighted by molar-refractivity contribution is 7.47. The van der Waals surface area contributed by atoms with Gasteiger partial charge in [-0.15, -0.1) is 0 Å². The molecule has 2 unspecified atom stereocenters. The molecule has 0 aliphatic rings. The number of nitrogens with two attached hydrogens (primary N) is 1. The zero-order valence-corrected chi connectivity index (χ0v) is 62.6. The molecule has 0 aliphatic heterocycles. The minimum atomic E-state index is -4.40. The van der Waals surface area contributed by atoms with E-state index in [0.29, 0.717) is 6.42 Å². The number of esters is 2. The molecule has 546 valence electrons. The summed E-state index contributed by atoms with van der Waals surface area (Å²) in [4.78, 5) is 35.5. The molecule has 0 aliphatic carbocycles. The molecular weight excluding hydrogens is 1180 g/mol. The lowest BCUT2D eigenvalue weighted by molar-refractivity contribution is -0.161. The average Bonchev–Trinajstić information content (AvgIpc) is 3.59. The van der Waals surface area contributed by atoms with E-state index in [9.17, 15) is 19.0 Å². The SMILES string of the molecule is CC/C=C\C/C=C\C/C=C\C/C=C\C/C=C\C/C=C\C/C=C\C/C=C\CCCCCCCCCCCCCCCCCCC(=O)OC(COC(=O)CCCCCCCCCCCCCCCCCCCCCCCCCCCCCCCCCC)COP(=O)(O)OCCN. The number of rotatable bonds is 76. The Kier molecular flexibility index (Phi) is 76.3. The van der Waals surface area contributed by atoms with E-state index in [1.165, 1.54) is 270 Å². The van der Waals surface area contributed by atoms with E-state index in [0.717, 1.165) is 89.9 Å². The molecule has 0 spiro atoms. The van der Waals surface area contributed by atoms with Gasteiger partial charge in [0.1, 0.15) is 6.61 Å². The molecule has 0 radical (unpaired) electrons. The number of phosphoric ester groups is 1. The highest BCUT2D eigenvalue weighted by atomic mass is 31.2. The molecule has 0 fully saturated rings. The fraction of sp³-hybridized carbons (Fsp3) is 0.786. The molecule has 0 heterocycles. The summed E-state index contributed by atoms with van der Waals surface area (Å²) in [6, 6.07) is 0. The monoisotopic (exact) mass is 1330 g/mol. The first-order valence-corrected chi connectivity index (χ1v) is 41.7. The highest BCUT2D eigenvalue weighted by Gasteiger charge is 2.26. The van der Waals surface area contributed by atoms with Crippen LogP contribution < -0.4 is 5.73 Å². The summed E-state index contributed by atoms with van der Waals surface area (Å²) >= 11 is 0. The number of hydrogen-bond acceptors (Lipinski definition) is 8. The van der Waals surface area contributed by atoms with Crippen LogP contribution in [0.5, 0.6) is 0 Å². The van der Waals surface area contributed by atoms with E-state index in [1.54, 1.807) is 0 Å². The Bertz CT molecular complexity index is 1870. The summed E-state index contributed by atoms with van der Waals surface area (Å²) in [7, 11) is -4.40. The average molecular weight is 1340 g/mol. The van der Waals surface area contributed by atoms with Crippen LogP contribution >= 0.6 is 7.82 Å². The lowest BCUT2D eigenvalue weighted by Crippen LogP contribution is -2.29. The van der Waals surface area contributed by atoms with Crippen LogP contribution in [-0.2, 0) is 32.7 Å². The normalized spacial score (nSPS) is 13.4. The summed E-state index contributed by atoms with van der Waals surface area (Å²) in [5.41, 5.74) is 5.42. The molecule has 9 nitrogen and oxygen atoms in total. The molecule has 0 amide bonds. The lowest BCUT2D eigenvalue weighted by Gasteiger charge is -2.19. The predicted molar refractivity (Wildman–Crippen MR) is 408 cm³/mol. The van der Waals surface area contributed by atoms with Crippen molar-refractivity contribution in [2.75, 3.05) is 26.4 Å². The first kappa shape index (κ1) is 90.9. The van der Waals surface area contributed by atoms with Crippen molar-refractivity contribution in [2.24, 2.45) is 5.73 Å². The van der Waals surface area contributed by atoms with Gasteiger partial charge >= 0.3 is 19.8 Å². The molecule has 0 rings (SSSR count). The van der Waals surface area contributed by atoms with Crippen molar-refractivity contribution >= 4 is 19.8 Å². The highest BCUT2D eigenvalue weighted by Crippen LogP contribution is 2.43. The van der Waals surface area contributed by atoms with E-state index in [4.69, 9.17) is 24.3 Å². The van der Waals surface area contributed by atoms with Crippen LogP contribution in [0.3, 0.4) is 0 Å². The fourth-order valence-corrected chi connectivity index (χ4v) is 12.6. The van der Waals surface area contributed by atoms with Crippen molar-refractivity contribution in [3.8, 4) is 0 Å². The first-order chi connectivity index (χ1) is 46.3. The van der Waals surface area contributed by atoms with E-state index >= 15 is 0 Å². The third kappa shape index (κ3) is 77.9. The van der Waals surface area contributed by atoms with E-state index < -0.39 is 26.5 Å². The molecule has 0 saturated heterocycles. The second-order valence-electron chi connectivity index (χ2n) is 26.9. The van der Waals surface area contributed by atoms with Gasteiger partial charge in [-0.05, 0) is 77.0 Å². The Balaban J connectivity index is 3.80. The Hall–Kier alpha value is -3.07. The maximum absolute atomic E-state index is 12.8. The molecular formula is C84H152NO8P. The van der Waals surface area contributed by atoms with Crippen LogP contribution in [0.15, 0.2) is 97.2 Å². The summed E-state index contributed by atoms with van der Waals surface area (Å²) in [6.07, 6.45) is 108. The Labute approximate surface area is 582 Å². The fourth-order valence-electron chi connectivity index (χ4n) is 11.8. The van der Waals surface area contributed by atoms with Crippen LogP contribution in [0.2, 0.25) is 0 Å². The van der Waals surface area contributed by atoms with Gasteiger partial charge in [0.15, 0.2) is 6.10 Å². The van der Waals surface area contributed by atoms with Crippen molar-refractivity contribution in [1.29, 1.82) is 0 Å². The number of carbonyl (C=O) groups excluding carboxylic acids is 2. The van der Waals surface area contributed by atoms with E-state index in [2.05, 4.69) is 111 Å². The van der Waals surface area contributed by atoms with Gasteiger partial charge in [-0.2, -0.15) is 0 Å². The van der Waals surface area contributed by atoms with Gasteiger partial charge < -0.3 is 20.1 Å². The maximum Gasteiger partial charge on any atom is 0.472 e. The van der Waals surface area contributed by atoms with Crippen LogP contribution in [0.4, 0.5) is 0 Å². The molecule has 0 aromatic rings. The third-order valence-corrected chi connectivity index (χ3v) is 18.7. The minimum absolute atomic E-state index is 0.0532. The lowest BCUT2D eigenvalue weighted by atomic mass is 10.0. The number of ether oxygens (including phenoxy) is 2. The Morgan fingerprint density at radius 1 is 0.330 bits per heavy atom. The predicted octanol–water partition coefficient (Wildman–Crippen LogP) is 27.0. The molecule has 2 atom stereocenters. The first-order valence-electron chi connectivity index (χ1n) is 40.2. The number of phosphoric acid groups is 1. The standard InChI is InChI=1S/C84H152NO8P/c1-3-5-7-9-11-13-15-17-19-21-23-25-27-29-31-33-35-37-38-39-40-41-42-43-44-45-47-49-51-53-55-57-59-61-63-65-67-69-71-73-75-77-84(87)93-82(81-92-94(88,89)91-79-78-85)80-90-83(86)76-74-72-70-68-66-64-62-60-58-56-54-52-50-48-46-36-34-32-30-28-26-24-22-20-18-16-14-12-10-8-6-4-2/h5,7,11,13,17,19,23,25,29,31,35,37,39-40,42-43,82H,3-4,6,8-10,12,14-16,18,20-22,24,26-28,30,32-34,36,38,41,44-81,85H2,1-2H3,(H,88,89)/b7-5-,13-11-,19-17-,25-23-,31-29-,37-35-,40-39-,43-42-. The second-order valence-corrected chi connectivity index (χ2v) is 28.4. The van der Waals surface area contributed by atoms with Gasteiger partial charge in [0, 0.05) is 19.4 Å². The summed E-state index contributed by atoms with van der Waals surface area (Å²) < 4.78 is 33.3. The minimum Gasteiger partial charge on any atom is -0.462 e. The molecule has 94 heavy (non-hydrogen) atoms. The van der Waals surface area contributed by atoms with Gasteiger partial charge in [-0.25, -0.2) is 4.57 Å². The quantitative estimate of drug-likeness (QED) is 0.0264. The van der Waals surface area contributed by atoms with Gasteiger partial charge in [0.05, 0.1) is 13.2 Å². The zero-order chi connectivity index (χ0) is 67.9. The van der Waals surface area contributed by atoms with E-state index in [-0.39, 0.29) is 38.6 Å². The third-order valence-electron chi connectivity index (χ3n) is 17.7. The van der Waals surface area contributed by atoms with Gasteiger partial charge in [0.2, 0.25) is 0 Å². The van der Waals surface area contributed by atoms with Crippen molar-refractivity contribution in [1.82, 2.24) is 0 Å². The Morgan fingerprint density at radius 2 is 0.585 bits per heavy atom. The second kappa shape index (κ2) is 78.9. The Morgan fingerprint density at radius 3 is 0.872 bits per heavy atom. The smallest absolute Gasteiger partial charge is 0.462 e. The van der Waals surface area contributed by atoms with Crippen molar-refractivity contribution < 1.29 is 37.6 Å². The number of unbranched alkanes of at least 4 members (excludes halogenated alkanes) is 47. The van der Waals surface area contributed by atoms with Crippen LogP contribution in [0.1, 0.15) is 393 Å². The van der Waals surface area contributed by atoms with Crippen molar-refractivity contribution in [3.63, 3.8) is 0 Å². The number of allylic oxidation sites excluding steroid dienone is 16. The van der Waals surface area contributed by atoms with Gasteiger partial charge in [0.25, 0.3) is 0 Å². The van der Waals surface area contributed by atoms with Gasteiger partial charge in [-0.3, -0.25) is 18.6 Å². The van der Waals surface area contributed by atoms with Crippen LogP contribution in [-0.4, -0.2) is 49.3 Å². The largest absolute Gasteiger partial charge is 0.472 e. The summed E-state index contributed by atoms with van der Waals surface area (Å²) in [6.45, 7) is 3.69. The molecule has 0 saturated carbocycles. The topological polar surface area (TPSA) is 134 Å². The molecule has 0 bridgehead atoms. The zero-order valence-electron chi connectivity index (χ0n) is 61.7. The van der Waals surface area contributed by atoms with Crippen molar-refractivity contribution in [3.05, 3.63) is 97.2 Å². The van der Waals surface area contributed by atoms with Gasteiger partial charge in [-0.1, -0.05) is 400 Å². The molecule has 0 aromatic heterocycles. The summed E-state index contributed by atoms with van der Waals surface area (Å²) in [5, 5.41) is 0. The van der Waals surface area contributed by atoms with Crippen LogP contribution in [0, 0.1) is 0 Å². The van der Waals surface area contributed by atoms with E-state index in [1.807, 2.05) is 0 Å². The molecule has 3 N–H and O–H groups in total. The van der Waals surface area contributed by atoms with Crippen LogP contribution in [0.25, 0.3) is 0 Å².